The fraction of sp³-hybridized carbons (Fsp3) is 0.680. The minimum Gasteiger partial charge on any atom is -0.491 e. The quantitative estimate of drug-likeness (QED) is 0.393. The molecule has 2 fully saturated rings. The Bertz CT molecular complexity index is 690. The number of hydrogen-bond acceptors (Lipinski definition) is 5. The molecular weight excluding hydrogens is 394 g/mol. The highest BCUT2D eigenvalue weighted by atomic mass is 16.5. The fourth-order valence-corrected chi connectivity index (χ4v) is 4.50. The summed E-state index contributed by atoms with van der Waals surface area (Å²) in [7, 11) is 0. The fourth-order valence-electron chi connectivity index (χ4n) is 4.50. The first-order valence-corrected chi connectivity index (χ1v) is 11.9. The molecule has 1 unspecified atom stereocenters. The highest BCUT2D eigenvalue weighted by molar-refractivity contribution is 5.84. The van der Waals surface area contributed by atoms with E-state index >= 15 is 0 Å². The lowest BCUT2D eigenvalue weighted by atomic mass is 9.85. The molecular formula is C25H37NO5. The maximum absolute atomic E-state index is 12.4. The predicted molar refractivity (Wildman–Crippen MR) is 119 cm³/mol. The highest BCUT2D eigenvalue weighted by Gasteiger charge is 2.40. The van der Waals surface area contributed by atoms with Crippen LogP contribution < -0.4 is 10.1 Å². The number of unbranched alkanes of at least 4 members (excludes halogenated alkanes) is 3. The average molecular weight is 432 g/mol. The second kappa shape index (κ2) is 12.2. The van der Waals surface area contributed by atoms with Crippen LogP contribution in [0.5, 0.6) is 5.75 Å². The van der Waals surface area contributed by atoms with Gasteiger partial charge in [-0.15, -0.1) is 0 Å². The van der Waals surface area contributed by atoms with Crippen molar-refractivity contribution in [3.05, 3.63) is 30.3 Å². The molecule has 172 valence electrons. The summed E-state index contributed by atoms with van der Waals surface area (Å²) in [5.74, 6) is 0.801. The Morgan fingerprint density at radius 1 is 1.10 bits per heavy atom. The zero-order valence-corrected chi connectivity index (χ0v) is 18.4. The minimum atomic E-state index is -0.631. The van der Waals surface area contributed by atoms with Gasteiger partial charge in [0.15, 0.2) is 0 Å². The van der Waals surface area contributed by atoms with Gasteiger partial charge in [-0.3, -0.25) is 9.59 Å². The van der Waals surface area contributed by atoms with Gasteiger partial charge in [0, 0.05) is 24.8 Å². The first-order chi connectivity index (χ1) is 15.0. The van der Waals surface area contributed by atoms with E-state index in [-0.39, 0.29) is 36.6 Å². The van der Waals surface area contributed by atoms with Crippen LogP contribution in [0.1, 0.15) is 70.6 Å². The van der Waals surface area contributed by atoms with Crippen molar-refractivity contribution in [2.24, 2.45) is 11.8 Å². The van der Waals surface area contributed by atoms with Crippen molar-refractivity contribution in [3.63, 3.8) is 0 Å². The van der Waals surface area contributed by atoms with Crippen LogP contribution in [0.15, 0.2) is 30.3 Å². The number of hydrogen-bond donors (Lipinski definition) is 3. The monoisotopic (exact) mass is 431 g/mol. The number of carbonyl (C=O) groups is 2. The second-order valence-electron chi connectivity index (χ2n) is 9.16. The summed E-state index contributed by atoms with van der Waals surface area (Å²) in [5.41, 5.74) is 0. The Hall–Kier alpha value is -1.92. The van der Waals surface area contributed by atoms with E-state index in [0.29, 0.717) is 25.3 Å². The smallest absolute Gasteiger partial charge is 0.220 e. The number of amides is 1. The summed E-state index contributed by atoms with van der Waals surface area (Å²) in [6, 6.07) is 9.79. The Morgan fingerprint density at radius 3 is 2.58 bits per heavy atom. The predicted octanol–water partition coefficient (Wildman–Crippen LogP) is 3.39. The van der Waals surface area contributed by atoms with E-state index in [0.717, 1.165) is 50.7 Å². The molecule has 0 aliphatic heterocycles. The third kappa shape index (κ3) is 8.26. The summed E-state index contributed by atoms with van der Waals surface area (Å²) < 4.78 is 5.59. The number of carbonyl (C=O) groups excluding carboxylic acids is 2. The van der Waals surface area contributed by atoms with E-state index in [1.807, 2.05) is 30.3 Å². The van der Waals surface area contributed by atoms with Gasteiger partial charge in [0.1, 0.15) is 18.1 Å². The van der Waals surface area contributed by atoms with Gasteiger partial charge in [0.2, 0.25) is 5.91 Å². The molecule has 2 saturated carbocycles. The summed E-state index contributed by atoms with van der Waals surface area (Å²) in [6.45, 7) is 0.201. The van der Waals surface area contributed by atoms with Gasteiger partial charge in [-0.1, -0.05) is 37.5 Å². The van der Waals surface area contributed by atoms with Gasteiger partial charge in [0.25, 0.3) is 0 Å². The Balaban J connectivity index is 1.31. The molecule has 6 nitrogen and oxygen atoms in total. The van der Waals surface area contributed by atoms with Gasteiger partial charge >= 0.3 is 0 Å². The van der Waals surface area contributed by atoms with Crippen molar-refractivity contribution in [2.75, 3.05) is 6.61 Å². The van der Waals surface area contributed by atoms with Crippen LogP contribution in [-0.2, 0) is 9.59 Å². The molecule has 2 aliphatic rings. The molecule has 0 saturated heterocycles. The number of aliphatic hydroxyl groups is 2. The normalized spacial score (nSPS) is 24.2. The molecule has 6 heteroatoms. The Labute approximate surface area is 185 Å². The molecule has 0 aromatic heterocycles. The maximum Gasteiger partial charge on any atom is 0.220 e. The van der Waals surface area contributed by atoms with Gasteiger partial charge in [-0.2, -0.15) is 0 Å². The highest BCUT2D eigenvalue weighted by Crippen LogP contribution is 2.36. The van der Waals surface area contributed by atoms with E-state index in [1.54, 1.807) is 0 Å². The molecule has 2 aliphatic carbocycles. The largest absolute Gasteiger partial charge is 0.491 e. The van der Waals surface area contributed by atoms with Crippen LogP contribution in [0, 0.1) is 11.8 Å². The molecule has 1 aromatic carbocycles. The molecule has 31 heavy (non-hydrogen) atoms. The number of ether oxygens (including phenoxy) is 1. The Kier molecular flexibility index (Phi) is 9.34. The van der Waals surface area contributed by atoms with Crippen molar-refractivity contribution < 1.29 is 24.5 Å². The molecule has 1 amide bonds. The zero-order chi connectivity index (χ0) is 22.1. The number of nitrogens with one attached hydrogen (secondary N) is 1. The standard InChI is InChI=1S/C25H37NO5/c27-19(17-31-20-8-4-3-5-9-20)14-15-22-21(23(28)16-24(22)29)10-6-1-2-7-11-25(30)26-18-12-13-18/h3-5,8-9,18-19,21-23,27-28H,1-2,6-7,10-17H2,(H,26,30)/t19-,21?,22-,23+/m1/s1. The molecule has 0 heterocycles. The number of ketones is 1. The maximum atomic E-state index is 12.4. The summed E-state index contributed by atoms with van der Waals surface area (Å²) in [4.78, 5) is 24.1. The van der Waals surface area contributed by atoms with E-state index in [2.05, 4.69) is 5.32 Å². The molecule has 0 spiro atoms. The molecule has 3 N–H and O–H groups in total. The number of benzene rings is 1. The third-order valence-corrected chi connectivity index (χ3v) is 6.47. The Morgan fingerprint density at radius 2 is 1.84 bits per heavy atom. The van der Waals surface area contributed by atoms with Crippen LogP contribution in [0.25, 0.3) is 0 Å². The van der Waals surface area contributed by atoms with Gasteiger partial charge in [0.05, 0.1) is 12.2 Å². The summed E-state index contributed by atoms with van der Waals surface area (Å²) in [5, 5.41) is 23.6. The van der Waals surface area contributed by atoms with Gasteiger partial charge < -0.3 is 20.3 Å². The lowest BCUT2D eigenvalue weighted by Crippen LogP contribution is -2.25. The van der Waals surface area contributed by atoms with E-state index in [9.17, 15) is 19.8 Å². The first kappa shape index (κ1) is 23.7. The number of Topliss-reactive ketones (excluding diaryl/α,β-unsaturated/α-hetero) is 1. The van der Waals surface area contributed by atoms with Crippen LogP contribution in [0.3, 0.4) is 0 Å². The van der Waals surface area contributed by atoms with E-state index in [1.165, 1.54) is 0 Å². The molecule has 3 rings (SSSR count). The molecule has 1 aromatic rings. The van der Waals surface area contributed by atoms with Crippen molar-refractivity contribution in [1.82, 2.24) is 5.32 Å². The van der Waals surface area contributed by atoms with Crippen molar-refractivity contribution in [1.29, 1.82) is 0 Å². The van der Waals surface area contributed by atoms with E-state index in [4.69, 9.17) is 4.74 Å². The molecule has 0 bridgehead atoms. The van der Waals surface area contributed by atoms with E-state index < -0.39 is 12.2 Å². The van der Waals surface area contributed by atoms with Crippen molar-refractivity contribution >= 4 is 11.7 Å². The zero-order valence-electron chi connectivity index (χ0n) is 18.4. The van der Waals surface area contributed by atoms with Crippen LogP contribution in [-0.4, -0.2) is 46.8 Å². The van der Waals surface area contributed by atoms with Gasteiger partial charge in [-0.25, -0.2) is 0 Å². The van der Waals surface area contributed by atoms with Crippen LogP contribution in [0.4, 0.5) is 0 Å². The van der Waals surface area contributed by atoms with Crippen LogP contribution in [0.2, 0.25) is 0 Å². The lowest BCUT2D eigenvalue weighted by Gasteiger charge is -2.22. The number of para-hydroxylation sites is 1. The van der Waals surface area contributed by atoms with Crippen molar-refractivity contribution in [2.45, 2.75) is 88.9 Å². The van der Waals surface area contributed by atoms with Gasteiger partial charge in [-0.05, 0) is 56.6 Å². The number of aliphatic hydroxyl groups excluding tert-OH is 2. The first-order valence-electron chi connectivity index (χ1n) is 11.9. The lowest BCUT2D eigenvalue weighted by molar-refractivity contribution is -0.122. The number of rotatable bonds is 14. The summed E-state index contributed by atoms with van der Waals surface area (Å²) >= 11 is 0. The SMILES string of the molecule is O=C(CCCCCCC1[C@@H](O)CC(=O)[C@@H]1CC[C@@H](O)COc1ccccc1)NC1CC1. The van der Waals surface area contributed by atoms with Crippen LogP contribution >= 0.6 is 0 Å². The minimum absolute atomic E-state index is 0.0205. The second-order valence-corrected chi connectivity index (χ2v) is 9.16. The topological polar surface area (TPSA) is 95.9 Å². The van der Waals surface area contributed by atoms with Crippen molar-refractivity contribution in [3.8, 4) is 5.75 Å². The summed E-state index contributed by atoms with van der Waals surface area (Å²) in [6.07, 6.45) is 7.60. The molecule has 4 atom stereocenters. The molecule has 0 radical (unpaired) electrons. The third-order valence-electron chi connectivity index (χ3n) is 6.47. The average Bonchev–Trinajstić information content (AvgIpc) is 3.52.